The van der Waals surface area contributed by atoms with E-state index >= 15 is 0 Å². The number of hydrazone groups is 1. The highest BCUT2D eigenvalue weighted by atomic mass is 32.2. The van der Waals surface area contributed by atoms with Gasteiger partial charge in [-0.25, -0.2) is 5.43 Å². The second kappa shape index (κ2) is 10.0. The monoisotopic (exact) mass is 433 g/mol. The van der Waals surface area contributed by atoms with Crippen molar-refractivity contribution < 1.29 is 4.79 Å². The Morgan fingerprint density at radius 1 is 0.968 bits per heavy atom. The molecule has 1 heterocycles. The van der Waals surface area contributed by atoms with Crippen LogP contribution in [0.2, 0.25) is 0 Å². The average Bonchev–Trinajstić information content (AvgIpc) is 2.95. The van der Waals surface area contributed by atoms with E-state index in [1.165, 1.54) is 33.5 Å². The van der Waals surface area contributed by atoms with Gasteiger partial charge in [0, 0.05) is 28.4 Å². The van der Waals surface area contributed by atoms with Gasteiger partial charge in [0.1, 0.15) is 0 Å². The molecule has 0 atom stereocenters. The number of carbonyl (C=O) groups excluding carboxylic acids is 1. The maximum absolute atomic E-state index is 12.2. The van der Waals surface area contributed by atoms with Crippen LogP contribution in [-0.2, 0) is 10.5 Å². The maximum Gasteiger partial charge on any atom is 0.250 e. The molecule has 0 bridgehead atoms. The zero-order valence-electron chi connectivity index (χ0n) is 19.2. The first kappa shape index (κ1) is 22.9. The van der Waals surface area contributed by atoms with Gasteiger partial charge in [-0.15, -0.1) is 11.8 Å². The molecule has 0 fully saturated rings. The Kier molecular flexibility index (Phi) is 7.39. The summed E-state index contributed by atoms with van der Waals surface area (Å²) in [6.07, 6.45) is 1.73. The van der Waals surface area contributed by atoms with Gasteiger partial charge in [0.15, 0.2) is 0 Å². The average molecular weight is 434 g/mol. The lowest BCUT2D eigenvalue weighted by atomic mass is 10.1. The molecule has 0 spiro atoms. The van der Waals surface area contributed by atoms with Gasteiger partial charge in [0.25, 0.3) is 0 Å². The summed E-state index contributed by atoms with van der Waals surface area (Å²) in [5.74, 6) is 1.11. The van der Waals surface area contributed by atoms with Crippen molar-refractivity contribution >= 4 is 23.9 Å². The quantitative estimate of drug-likeness (QED) is 0.383. The third kappa shape index (κ3) is 5.88. The van der Waals surface area contributed by atoms with E-state index in [2.05, 4.69) is 99.1 Å². The van der Waals surface area contributed by atoms with Crippen molar-refractivity contribution in [2.75, 3.05) is 5.75 Å². The standard InChI is InChI=1S/C26H31N3OS/c1-17-7-8-25(20(4)10-17)29-21(5)13-24(22(29)6)14-27-28-26(30)16-31-15-23-11-18(2)9-19(3)12-23/h7-14H,15-16H2,1-6H3,(H,28,30)/b27-14-. The highest BCUT2D eigenvalue weighted by Crippen LogP contribution is 2.23. The van der Waals surface area contributed by atoms with Crippen LogP contribution in [0, 0.1) is 41.5 Å². The topological polar surface area (TPSA) is 46.4 Å². The fourth-order valence-corrected chi connectivity index (χ4v) is 4.72. The summed E-state index contributed by atoms with van der Waals surface area (Å²) in [6, 6.07) is 15.1. The van der Waals surface area contributed by atoms with Gasteiger partial charge in [-0.2, -0.15) is 5.10 Å². The highest BCUT2D eigenvalue weighted by molar-refractivity contribution is 7.99. The Morgan fingerprint density at radius 2 is 1.68 bits per heavy atom. The second-order valence-corrected chi connectivity index (χ2v) is 9.22. The number of amides is 1. The van der Waals surface area contributed by atoms with Gasteiger partial charge in [-0.1, -0.05) is 47.0 Å². The molecule has 4 nitrogen and oxygen atoms in total. The lowest BCUT2D eigenvalue weighted by Gasteiger charge is -2.13. The second-order valence-electron chi connectivity index (χ2n) is 8.23. The number of carbonyl (C=O) groups is 1. The first-order chi connectivity index (χ1) is 14.7. The fourth-order valence-electron chi connectivity index (χ4n) is 3.97. The van der Waals surface area contributed by atoms with Crippen LogP contribution in [0.1, 0.15) is 44.8 Å². The van der Waals surface area contributed by atoms with E-state index in [4.69, 9.17) is 0 Å². The molecule has 2 aromatic carbocycles. The summed E-state index contributed by atoms with van der Waals surface area (Å²) in [6.45, 7) is 12.6. The smallest absolute Gasteiger partial charge is 0.250 e. The van der Waals surface area contributed by atoms with Crippen molar-refractivity contribution in [2.24, 2.45) is 5.10 Å². The number of nitrogens with one attached hydrogen (secondary N) is 1. The van der Waals surface area contributed by atoms with Crippen molar-refractivity contribution in [1.29, 1.82) is 0 Å². The van der Waals surface area contributed by atoms with Crippen LogP contribution < -0.4 is 5.43 Å². The number of benzene rings is 2. The van der Waals surface area contributed by atoms with Crippen molar-refractivity contribution in [2.45, 2.75) is 47.3 Å². The summed E-state index contributed by atoms with van der Waals surface area (Å²) < 4.78 is 2.23. The third-order valence-corrected chi connectivity index (χ3v) is 6.24. The van der Waals surface area contributed by atoms with Crippen LogP contribution in [0.4, 0.5) is 0 Å². The first-order valence-corrected chi connectivity index (χ1v) is 11.6. The third-order valence-electron chi connectivity index (χ3n) is 5.24. The van der Waals surface area contributed by atoms with Crippen molar-refractivity contribution in [3.63, 3.8) is 0 Å². The van der Waals surface area contributed by atoms with Gasteiger partial charge < -0.3 is 4.57 Å². The molecule has 0 radical (unpaired) electrons. The number of aromatic nitrogens is 1. The van der Waals surface area contributed by atoms with Crippen LogP contribution in [0.3, 0.4) is 0 Å². The van der Waals surface area contributed by atoms with E-state index in [9.17, 15) is 4.79 Å². The molecule has 0 unspecified atom stereocenters. The molecule has 5 heteroatoms. The molecule has 0 aliphatic heterocycles. The van der Waals surface area contributed by atoms with E-state index < -0.39 is 0 Å². The normalized spacial score (nSPS) is 11.3. The Morgan fingerprint density at radius 3 is 2.35 bits per heavy atom. The zero-order chi connectivity index (χ0) is 22.5. The zero-order valence-corrected chi connectivity index (χ0v) is 20.1. The van der Waals surface area contributed by atoms with Crippen LogP contribution in [-0.4, -0.2) is 22.4 Å². The van der Waals surface area contributed by atoms with Crippen molar-refractivity contribution in [1.82, 2.24) is 9.99 Å². The number of rotatable bonds is 7. The van der Waals surface area contributed by atoms with E-state index in [0.29, 0.717) is 5.75 Å². The largest absolute Gasteiger partial charge is 0.318 e. The van der Waals surface area contributed by atoms with Crippen LogP contribution >= 0.6 is 11.8 Å². The summed E-state index contributed by atoms with van der Waals surface area (Å²) in [5, 5.41) is 4.19. The number of thioether (sulfide) groups is 1. The van der Waals surface area contributed by atoms with Gasteiger partial charge in [0.2, 0.25) is 5.91 Å². The highest BCUT2D eigenvalue weighted by Gasteiger charge is 2.11. The Labute approximate surface area is 189 Å². The maximum atomic E-state index is 12.2. The molecular formula is C26H31N3OS. The van der Waals surface area contributed by atoms with Crippen LogP contribution in [0.25, 0.3) is 5.69 Å². The number of hydrogen-bond acceptors (Lipinski definition) is 3. The molecule has 0 aliphatic carbocycles. The van der Waals surface area contributed by atoms with E-state index in [1.54, 1.807) is 18.0 Å². The molecule has 162 valence electrons. The molecule has 31 heavy (non-hydrogen) atoms. The Balaban J connectivity index is 1.59. The predicted octanol–water partition coefficient (Wildman–Crippen LogP) is 5.71. The predicted molar refractivity (Wildman–Crippen MR) is 133 cm³/mol. The molecule has 1 amide bonds. The van der Waals surface area contributed by atoms with Gasteiger partial charge >= 0.3 is 0 Å². The minimum absolute atomic E-state index is 0.0891. The van der Waals surface area contributed by atoms with Crippen LogP contribution in [0.15, 0.2) is 47.6 Å². The summed E-state index contributed by atoms with van der Waals surface area (Å²) in [4.78, 5) is 12.2. The van der Waals surface area contributed by atoms with E-state index in [-0.39, 0.29) is 5.91 Å². The van der Waals surface area contributed by atoms with Crippen LogP contribution in [0.5, 0.6) is 0 Å². The molecule has 0 saturated heterocycles. The minimum Gasteiger partial charge on any atom is -0.318 e. The molecule has 0 saturated carbocycles. The molecule has 1 N–H and O–H groups in total. The molecule has 1 aromatic heterocycles. The van der Waals surface area contributed by atoms with Gasteiger partial charge in [-0.3, -0.25) is 4.79 Å². The van der Waals surface area contributed by atoms with Gasteiger partial charge in [-0.05, 0) is 64.8 Å². The first-order valence-electron chi connectivity index (χ1n) is 10.5. The van der Waals surface area contributed by atoms with E-state index in [1.807, 2.05) is 0 Å². The van der Waals surface area contributed by atoms with E-state index in [0.717, 1.165) is 22.7 Å². The minimum atomic E-state index is -0.0891. The van der Waals surface area contributed by atoms with Crippen molar-refractivity contribution in [3.05, 3.63) is 87.2 Å². The summed E-state index contributed by atoms with van der Waals surface area (Å²) in [7, 11) is 0. The number of hydrogen-bond donors (Lipinski definition) is 1. The lowest BCUT2D eigenvalue weighted by Crippen LogP contribution is -2.19. The molecule has 0 aliphatic rings. The Hall–Kier alpha value is -2.79. The van der Waals surface area contributed by atoms with Crippen molar-refractivity contribution in [3.8, 4) is 5.69 Å². The SMILES string of the molecule is Cc1cc(C)cc(CSCC(=O)N/N=C\c2cc(C)n(-c3ccc(C)cc3C)c2C)c1. The fraction of sp³-hybridized carbons (Fsp3) is 0.308. The lowest BCUT2D eigenvalue weighted by molar-refractivity contribution is -0.118. The molecular weight excluding hydrogens is 402 g/mol. The number of nitrogens with zero attached hydrogens (tertiary/aromatic N) is 2. The van der Waals surface area contributed by atoms with Gasteiger partial charge in [0.05, 0.1) is 12.0 Å². The molecule has 3 aromatic rings. The summed E-state index contributed by atoms with van der Waals surface area (Å²) in [5.41, 5.74) is 13.3. The molecule has 3 rings (SSSR count). The number of aryl methyl sites for hydroxylation is 5. The Bertz CT molecular complexity index is 1110. The summed E-state index contributed by atoms with van der Waals surface area (Å²) >= 11 is 1.60.